The number of halogens is 3. The minimum absolute atomic E-state index is 0.264. The molecular formula is C15H14F3N3O. The first-order valence-corrected chi connectivity index (χ1v) is 6.43. The SMILES string of the molecule is NCc1cccc(NC(=O)Nc2ccc(C(F)(F)F)cc2)c1. The Morgan fingerprint density at radius 3 is 2.23 bits per heavy atom. The van der Waals surface area contributed by atoms with Gasteiger partial charge >= 0.3 is 12.2 Å². The van der Waals surface area contributed by atoms with Gasteiger partial charge in [0.1, 0.15) is 0 Å². The molecule has 0 spiro atoms. The number of hydrogen-bond donors (Lipinski definition) is 3. The summed E-state index contributed by atoms with van der Waals surface area (Å²) >= 11 is 0. The Hall–Kier alpha value is -2.54. The highest BCUT2D eigenvalue weighted by atomic mass is 19.4. The number of rotatable bonds is 3. The average Bonchev–Trinajstić information content (AvgIpc) is 2.47. The smallest absolute Gasteiger partial charge is 0.326 e. The summed E-state index contributed by atoms with van der Waals surface area (Å²) in [6, 6.07) is 10.6. The highest BCUT2D eigenvalue weighted by Gasteiger charge is 2.29. The van der Waals surface area contributed by atoms with Gasteiger partial charge in [0, 0.05) is 17.9 Å². The maximum Gasteiger partial charge on any atom is 0.416 e. The van der Waals surface area contributed by atoms with Gasteiger partial charge in [0.25, 0.3) is 0 Å². The molecule has 2 aromatic carbocycles. The third kappa shape index (κ3) is 4.23. The van der Waals surface area contributed by atoms with Crippen molar-refractivity contribution in [1.29, 1.82) is 0 Å². The molecule has 116 valence electrons. The maximum atomic E-state index is 12.4. The fraction of sp³-hybridized carbons (Fsp3) is 0.133. The highest BCUT2D eigenvalue weighted by molar-refractivity contribution is 5.99. The van der Waals surface area contributed by atoms with Crippen LogP contribution in [0.25, 0.3) is 0 Å². The molecule has 2 aromatic rings. The zero-order valence-corrected chi connectivity index (χ0v) is 11.4. The summed E-state index contributed by atoms with van der Waals surface area (Å²) < 4.78 is 37.3. The van der Waals surface area contributed by atoms with E-state index in [0.29, 0.717) is 12.2 Å². The van der Waals surface area contributed by atoms with Gasteiger partial charge in [-0.3, -0.25) is 0 Å². The molecule has 22 heavy (non-hydrogen) atoms. The Morgan fingerprint density at radius 2 is 1.64 bits per heavy atom. The number of carbonyl (C=O) groups is 1. The van der Waals surface area contributed by atoms with Gasteiger partial charge in [-0.05, 0) is 42.0 Å². The van der Waals surface area contributed by atoms with Crippen LogP contribution in [0, 0.1) is 0 Å². The molecule has 0 bridgehead atoms. The van der Waals surface area contributed by atoms with Gasteiger partial charge in [-0.1, -0.05) is 12.1 Å². The number of urea groups is 1. The summed E-state index contributed by atoms with van der Waals surface area (Å²) in [5, 5.41) is 5.04. The van der Waals surface area contributed by atoms with Crippen LogP contribution in [-0.2, 0) is 12.7 Å². The van der Waals surface area contributed by atoms with Crippen molar-refractivity contribution in [3.8, 4) is 0 Å². The molecule has 0 aliphatic carbocycles. The second-order valence-electron chi connectivity index (χ2n) is 4.56. The first-order valence-electron chi connectivity index (χ1n) is 6.43. The van der Waals surface area contributed by atoms with E-state index in [0.717, 1.165) is 17.7 Å². The molecule has 0 aliphatic rings. The molecule has 0 saturated carbocycles. The number of nitrogens with two attached hydrogens (primary N) is 1. The van der Waals surface area contributed by atoms with Gasteiger partial charge in [-0.2, -0.15) is 13.2 Å². The van der Waals surface area contributed by atoms with E-state index in [-0.39, 0.29) is 5.69 Å². The zero-order chi connectivity index (χ0) is 16.2. The lowest BCUT2D eigenvalue weighted by molar-refractivity contribution is -0.137. The summed E-state index contributed by atoms with van der Waals surface area (Å²) in [5.41, 5.74) is 6.40. The van der Waals surface area contributed by atoms with Crippen LogP contribution in [0.3, 0.4) is 0 Å². The lowest BCUT2D eigenvalue weighted by Gasteiger charge is -2.10. The predicted molar refractivity (Wildman–Crippen MR) is 78.4 cm³/mol. The van der Waals surface area contributed by atoms with Crippen molar-refractivity contribution in [2.75, 3.05) is 10.6 Å². The third-order valence-electron chi connectivity index (χ3n) is 2.89. The van der Waals surface area contributed by atoms with Crippen molar-refractivity contribution in [2.24, 2.45) is 5.73 Å². The second-order valence-corrected chi connectivity index (χ2v) is 4.56. The topological polar surface area (TPSA) is 67.1 Å². The van der Waals surface area contributed by atoms with Crippen LogP contribution in [0.15, 0.2) is 48.5 Å². The van der Waals surface area contributed by atoms with Crippen molar-refractivity contribution < 1.29 is 18.0 Å². The van der Waals surface area contributed by atoms with Crippen LogP contribution in [0.4, 0.5) is 29.3 Å². The van der Waals surface area contributed by atoms with Crippen LogP contribution in [0.5, 0.6) is 0 Å². The van der Waals surface area contributed by atoms with Gasteiger partial charge in [-0.15, -0.1) is 0 Å². The monoisotopic (exact) mass is 309 g/mol. The Balaban J connectivity index is 1.99. The summed E-state index contributed by atoms with van der Waals surface area (Å²) in [7, 11) is 0. The Morgan fingerprint density at radius 1 is 1.00 bits per heavy atom. The fourth-order valence-electron chi connectivity index (χ4n) is 1.81. The van der Waals surface area contributed by atoms with Gasteiger partial charge in [0.15, 0.2) is 0 Å². The number of benzene rings is 2. The minimum atomic E-state index is -4.40. The van der Waals surface area contributed by atoms with Crippen LogP contribution >= 0.6 is 0 Å². The summed E-state index contributed by atoms with van der Waals surface area (Å²) in [6.45, 7) is 0.343. The number of hydrogen-bond acceptors (Lipinski definition) is 2. The Labute approximate surface area is 125 Å². The molecule has 0 fully saturated rings. The van der Waals surface area contributed by atoms with E-state index in [1.165, 1.54) is 12.1 Å². The molecular weight excluding hydrogens is 295 g/mol. The van der Waals surface area contributed by atoms with Crippen molar-refractivity contribution in [2.45, 2.75) is 12.7 Å². The number of nitrogens with one attached hydrogen (secondary N) is 2. The quantitative estimate of drug-likeness (QED) is 0.807. The number of carbonyl (C=O) groups excluding carboxylic acids is 1. The largest absolute Gasteiger partial charge is 0.416 e. The molecule has 2 rings (SSSR count). The molecule has 7 heteroatoms. The minimum Gasteiger partial charge on any atom is -0.326 e. The van der Waals surface area contributed by atoms with Gasteiger partial charge in [-0.25, -0.2) is 4.79 Å². The van der Waals surface area contributed by atoms with Crippen LogP contribution in [-0.4, -0.2) is 6.03 Å². The lowest BCUT2D eigenvalue weighted by Crippen LogP contribution is -2.19. The fourth-order valence-corrected chi connectivity index (χ4v) is 1.81. The molecule has 0 radical (unpaired) electrons. The van der Waals surface area contributed by atoms with Crippen molar-refractivity contribution >= 4 is 17.4 Å². The van der Waals surface area contributed by atoms with Gasteiger partial charge in [0.05, 0.1) is 5.56 Å². The van der Waals surface area contributed by atoms with E-state index in [9.17, 15) is 18.0 Å². The van der Waals surface area contributed by atoms with E-state index in [4.69, 9.17) is 5.73 Å². The highest BCUT2D eigenvalue weighted by Crippen LogP contribution is 2.29. The van der Waals surface area contributed by atoms with E-state index >= 15 is 0 Å². The normalized spacial score (nSPS) is 11.1. The summed E-state index contributed by atoms with van der Waals surface area (Å²) in [4.78, 5) is 11.8. The Kier molecular flexibility index (Phi) is 4.67. The first-order chi connectivity index (χ1) is 10.4. The molecule has 0 unspecified atom stereocenters. The molecule has 4 nitrogen and oxygen atoms in total. The summed E-state index contributed by atoms with van der Waals surface area (Å²) in [6.07, 6.45) is -4.40. The van der Waals surface area contributed by atoms with Crippen LogP contribution in [0.1, 0.15) is 11.1 Å². The van der Waals surface area contributed by atoms with Gasteiger partial charge in [0.2, 0.25) is 0 Å². The van der Waals surface area contributed by atoms with Crippen LogP contribution in [0.2, 0.25) is 0 Å². The molecule has 0 aliphatic heterocycles. The van der Waals surface area contributed by atoms with Crippen molar-refractivity contribution in [3.05, 3.63) is 59.7 Å². The number of amides is 2. The molecule has 0 aromatic heterocycles. The maximum absolute atomic E-state index is 12.4. The van der Waals surface area contributed by atoms with E-state index in [1.54, 1.807) is 18.2 Å². The van der Waals surface area contributed by atoms with Gasteiger partial charge < -0.3 is 16.4 Å². The molecule has 4 N–H and O–H groups in total. The average molecular weight is 309 g/mol. The third-order valence-corrected chi connectivity index (χ3v) is 2.89. The van der Waals surface area contributed by atoms with Crippen molar-refractivity contribution in [3.63, 3.8) is 0 Å². The van der Waals surface area contributed by atoms with Crippen LogP contribution < -0.4 is 16.4 Å². The zero-order valence-electron chi connectivity index (χ0n) is 11.4. The summed E-state index contributed by atoms with van der Waals surface area (Å²) in [5.74, 6) is 0. The van der Waals surface area contributed by atoms with E-state index in [1.807, 2.05) is 6.07 Å². The lowest BCUT2D eigenvalue weighted by atomic mass is 10.2. The first kappa shape index (κ1) is 15.8. The standard InChI is InChI=1S/C15H14F3N3O/c16-15(17,18)11-4-6-12(7-5-11)20-14(22)21-13-3-1-2-10(8-13)9-19/h1-8H,9,19H2,(H2,20,21,22). The van der Waals surface area contributed by atoms with E-state index < -0.39 is 17.8 Å². The van der Waals surface area contributed by atoms with Crippen molar-refractivity contribution in [1.82, 2.24) is 0 Å². The predicted octanol–water partition coefficient (Wildman–Crippen LogP) is 3.81. The molecule has 2 amide bonds. The molecule has 0 saturated heterocycles. The van der Waals surface area contributed by atoms with E-state index in [2.05, 4.69) is 10.6 Å². The number of alkyl halides is 3. The molecule has 0 atom stereocenters. The molecule has 0 heterocycles. The number of anilines is 2. The Bertz CT molecular complexity index is 654. The second kappa shape index (κ2) is 6.48.